The van der Waals surface area contributed by atoms with Gasteiger partial charge in [-0.25, -0.2) is 0 Å². The molecule has 0 radical (unpaired) electrons. The van der Waals surface area contributed by atoms with Crippen molar-refractivity contribution in [2.75, 3.05) is 0 Å². The summed E-state index contributed by atoms with van der Waals surface area (Å²) in [6.45, 7) is 2.17. The molecule has 5 N–H and O–H groups in total. The van der Waals surface area contributed by atoms with Crippen LogP contribution in [0.1, 0.15) is 13.8 Å². The van der Waals surface area contributed by atoms with Crippen molar-refractivity contribution in [3.05, 3.63) is 34.4 Å². The molecule has 0 aliphatic rings. The zero-order valence-corrected chi connectivity index (χ0v) is 10.2. The Morgan fingerprint density at radius 1 is 1.05 bits per heavy atom. The van der Waals surface area contributed by atoms with Crippen LogP contribution in [0.15, 0.2) is 24.3 Å². The van der Waals surface area contributed by atoms with E-state index in [0.717, 1.165) is 13.8 Å². The van der Waals surface area contributed by atoms with Gasteiger partial charge in [-0.3, -0.25) is 19.7 Å². The van der Waals surface area contributed by atoms with Gasteiger partial charge in [0.05, 0.1) is 4.92 Å². The molecule has 0 saturated carbocycles. The van der Waals surface area contributed by atoms with Gasteiger partial charge in [-0.1, -0.05) is 0 Å². The van der Waals surface area contributed by atoms with Crippen LogP contribution in [-0.2, 0) is 9.59 Å². The second-order valence-electron chi connectivity index (χ2n) is 2.81. The number of benzene rings is 1. The van der Waals surface area contributed by atoms with Crippen molar-refractivity contribution in [2.24, 2.45) is 0 Å². The number of nitro benzene ring substituents is 1. The fourth-order valence-corrected chi connectivity index (χ4v) is 0.574. The van der Waals surface area contributed by atoms with Crippen LogP contribution in [-0.4, -0.2) is 67.2 Å². The Labute approximate surface area is 136 Å². The summed E-state index contributed by atoms with van der Waals surface area (Å²) in [6, 6.07) is 5.04. The summed E-state index contributed by atoms with van der Waals surface area (Å²) in [5, 5.41) is 33.6. The SMILES string of the molecule is CC(=O)O.CC(=O)O.O.O=[N+]([O-])c1ccc(O)cc1.[NaH]. The topological polar surface area (TPSA) is 169 Å². The van der Waals surface area contributed by atoms with E-state index in [1.54, 1.807) is 0 Å². The van der Waals surface area contributed by atoms with E-state index in [9.17, 15) is 10.1 Å². The van der Waals surface area contributed by atoms with Gasteiger partial charge >= 0.3 is 29.6 Å². The van der Waals surface area contributed by atoms with Gasteiger partial charge in [0.15, 0.2) is 0 Å². The van der Waals surface area contributed by atoms with Gasteiger partial charge in [-0.15, -0.1) is 0 Å². The Balaban J connectivity index is -0.000000110. The first-order valence-corrected chi connectivity index (χ1v) is 4.49. The predicted octanol–water partition coefficient (Wildman–Crippen LogP) is 0.00900. The molecular weight excluding hydrogens is 285 g/mol. The molecule has 0 aliphatic carbocycles. The number of rotatable bonds is 1. The first-order valence-electron chi connectivity index (χ1n) is 4.49. The predicted molar refractivity (Wildman–Crippen MR) is 72.1 cm³/mol. The summed E-state index contributed by atoms with van der Waals surface area (Å²) in [7, 11) is 0. The molecule has 0 fully saturated rings. The van der Waals surface area contributed by atoms with Crippen molar-refractivity contribution in [2.45, 2.75) is 13.8 Å². The van der Waals surface area contributed by atoms with E-state index in [-0.39, 0.29) is 46.5 Å². The molecule has 9 nitrogen and oxygen atoms in total. The zero-order chi connectivity index (χ0) is 14.7. The van der Waals surface area contributed by atoms with Crippen LogP contribution in [0.2, 0.25) is 0 Å². The quantitative estimate of drug-likeness (QED) is 0.372. The Morgan fingerprint density at radius 2 is 1.30 bits per heavy atom. The molecule has 0 unspecified atom stereocenters. The molecule has 0 spiro atoms. The Bertz CT molecular complexity index is 386. The fourth-order valence-electron chi connectivity index (χ4n) is 0.574. The average molecular weight is 301 g/mol. The summed E-state index contributed by atoms with van der Waals surface area (Å²) >= 11 is 0. The number of nitro groups is 1. The molecule has 0 atom stereocenters. The molecule has 110 valence electrons. The van der Waals surface area contributed by atoms with Gasteiger partial charge < -0.3 is 20.8 Å². The number of aromatic hydroxyl groups is 1. The van der Waals surface area contributed by atoms with Crippen LogP contribution in [0.25, 0.3) is 0 Å². The monoisotopic (exact) mass is 301 g/mol. The average Bonchev–Trinajstić information content (AvgIpc) is 2.16. The summed E-state index contributed by atoms with van der Waals surface area (Å²) in [6.07, 6.45) is 0. The molecule has 0 aliphatic heterocycles. The van der Waals surface area contributed by atoms with Crippen molar-refractivity contribution < 1.29 is 35.3 Å². The summed E-state index contributed by atoms with van der Waals surface area (Å²) in [5.41, 5.74) is -0.0159. The van der Waals surface area contributed by atoms with E-state index >= 15 is 0 Å². The molecule has 1 aromatic rings. The number of carboxylic acid groups (broad SMARTS) is 2. The van der Waals surface area contributed by atoms with Gasteiger partial charge in [0.25, 0.3) is 17.6 Å². The Hall–Kier alpha value is -1.68. The van der Waals surface area contributed by atoms with Crippen molar-refractivity contribution in [1.29, 1.82) is 0 Å². The second-order valence-corrected chi connectivity index (χ2v) is 2.81. The van der Waals surface area contributed by atoms with Crippen LogP contribution < -0.4 is 0 Å². The molecule has 0 aromatic heterocycles. The number of phenolic OH excluding ortho intramolecular Hbond substituents is 1. The molecule has 1 rings (SSSR count). The molecule has 0 bridgehead atoms. The second kappa shape index (κ2) is 15.4. The van der Waals surface area contributed by atoms with Gasteiger partial charge in [0.2, 0.25) is 0 Å². The number of aliphatic carboxylic acids is 2. The van der Waals surface area contributed by atoms with E-state index in [2.05, 4.69) is 0 Å². The summed E-state index contributed by atoms with van der Waals surface area (Å²) in [5.74, 6) is -1.63. The maximum atomic E-state index is 10.0. The van der Waals surface area contributed by atoms with E-state index in [1.807, 2.05) is 0 Å². The van der Waals surface area contributed by atoms with Gasteiger partial charge in [-0.05, 0) is 12.1 Å². The number of carboxylic acids is 2. The molecule has 1 aromatic carbocycles. The third-order valence-electron chi connectivity index (χ3n) is 1.06. The van der Waals surface area contributed by atoms with Crippen LogP contribution in [0, 0.1) is 10.1 Å². The molecule has 0 saturated heterocycles. The van der Waals surface area contributed by atoms with Gasteiger partial charge in [0, 0.05) is 26.0 Å². The summed E-state index contributed by atoms with van der Waals surface area (Å²) in [4.78, 5) is 27.5. The van der Waals surface area contributed by atoms with Crippen molar-refractivity contribution in [3.63, 3.8) is 0 Å². The van der Waals surface area contributed by atoms with Crippen LogP contribution in [0.3, 0.4) is 0 Å². The third-order valence-corrected chi connectivity index (χ3v) is 1.06. The normalized spacial score (nSPS) is 7.10. The van der Waals surface area contributed by atoms with Crippen LogP contribution >= 0.6 is 0 Å². The van der Waals surface area contributed by atoms with Crippen molar-refractivity contribution in [3.8, 4) is 5.75 Å². The minimum absolute atomic E-state index is 0. The van der Waals surface area contributed by atoms with Crippen molar-refractivity contribution >= 4 is 47.2 Å². The molecular formula is C10H16NNaO8. The maximum absolute atomic E-state index is 10.0. The minimum atomic E-state index is -0.833. The van der Waals surface area contributed by atoms with Crippen LogP contribution in [0.4, 0.5) is 5.69 Å². The number of phenols is 1. The van der Waals surface area contributed by atoms with Gasteiger partial charge in [-0.2, -0.15) is 0 Å². The van der Waals surface area contributed by atoms with E-state index in [0.29, 0.717) is 0 Å². The zero-order valence-electron chi connectivity index (χ0n) is 10.2. The standard InChI is InChI=1S/C6H5NO3.2C2H4O2.Na.H2O.H/c8-6-3-1-5(2-4-6)7(9)10;2*1-2(3)4;;;/h1-4,8H;2*1H3,(H,3,4);;1H2;. The van der Waals surface area contributed by atoms with E-state index in [1.165, 1.54) is 24.3 Å². The Kier molecular flexibility index (Phi) is 20.6. The number of non-ortho nitro benzene ring substituents is 1. The number of nitrogens with zero attached hydrogens (tertiary/aromatic N) is 1. The van der Waals surface area contributed by atoms with E-state index in [4.69, 9.17) is 24.9 Å². The first kappa shape index (κ1) is 26.8. The van der Waals surface area contributed by atoms with Gasteiger partial charge in [0.1, 0.15) is 5.75 Å². The number of hydrogen-bond acceptors (Lipinski definition) is 5. The third kappa shape index (κ3) is 25.2. The molecule has 0 heterocycles. The van der Waals surface area contributed by atoms with Crippen LogP contribution in [0.5, 0.6) is 5.75 Å². The number of carbonyl (C=O) groups is 2. The summed E-state index contributed by atoms with van der Waals surface area (Å²) < 4.78 is 0. The fraction of sp³-hybridized carbons (Fsp3) is 0.200. The first-order chi connectivity index (χ1) is 8.16. The van der Waals surface area contributed by atoms with Crippen molar-refractivity contribution in [1.82, 2.24) is 0 Å². The van der Waals surface area contributed by atoms with E-state index < -0.39 is 16.9 Å². The molecule has 0 amide bonds. The molecule has 20 heavy (non-hydrogen) atoms. The molecule has 10 heteroatoms. The number of hydrogen-bond donors (Lipinski definition) is 3. The Morgan fingerprint density at radius 3 is 1.50 bits per heavy atom.